The average Bonchev–Trinajstić information content (AvgIpc) is 2.74. The highest BCUT2D eigenvalue weighted by Gasteiger charge is 2.22. The molecule has 1 aliphatic heterocycles. The number of nitrogens with one attached hydrogen (secondary N) is 1. The number of ether oxygens (including phenoxy) is 1. The highest BCUT2D eigenvalue weighted by molar-refractivity contribution is 8.93. The van der Waals surface area contributed by atoms with Crippen molar-refractivity contribution in [3.05, 3.63) is 65.7 Å². The second-order valence-electron chi connectivity index (χ2n) is 6.95. The summed E-state index contributed by atoms with van der Waals surface area (Å²) in [6, 6.07) is 18.8. The number of piperidine rings is 1. The van der Waals surface area contributed by atoms with Crippen LogP contribution in [0.25, 0.3) is 0 Å². The van der Waals surface area contributed by atoms with E-state index in [2.05, 4.69) is 39.5 Å². The van der Waals surface area contributed by atoms with Gasteiger partial charge in [0.1, 0.15) is 5.75 Å². The molecule has 0 saturated carbocycles. The number of aliphatic imine (C=N–C) groups is 1. The van der Waals surface area contributed by atoms with Crippen molar-refractivity contribution < 1.29 is 4.74 Å². The van der Waals surface area contributed by atoms with Crippen LogP contribution in [0.5, 0.6) is 5.75 Å². The number of benzene rings is 2. The third-order valence-electron chi connectivity index (χ3n) is 5.08. The minimum absolute atomic E-state index is 0. The van der Waals surface area contributed by atoms with Crippen LogP contribution in [0.3, 0.4) is 0 Å². The molecular formula is C22H31BrN4O. The van der Waals surface area contributed by atoms with E-state index in [0.717, 1.165) is 30.9 Å². The third-order valence-corrected chi connectivity index (χ3v) is 5.08. The molecule has 1 fully saturated rings. The topological polar surface area (TPSA) is 62.9 Å². The molecule has 1 unspecified atom stereocenters. The first-order chi connectivity index (χ1) is 13.3. The average molecular weight is 447 g/mol. The van der Waals surface area contributed by atoms with Crippen molar-refractivity contribution in [3.63, 3.8) is 0 Å². The van der Waals surface area contributed by atoms with Crippen LogP contribution in [0.2, 0.25) is 0 Å². The van der Waals surface area contributed by atoms with Gasteiger partial charge in [0.2, 0.25) is 0 Å². The summed E-state index contributed by atoms with van der Waals surface area (Å²) in [4.78, 5) is 7.02. The van der Waals surface area contributed by atoms with Gasteiger partial charge >= 0.3 is 0 Å². The van der Waals surface area contributed by atoms with Gasteiger partial charge in [-0.2, -0.15) is 0 Å². The summed E-state index contributed by atoms with van der Waals surface area (Å²) < 4.78 is 5.30. The van der Waals surface area contributed by atoms with Crippen LogP contribution in [0.15, 0.2) is 59.6 Å². The molecule has 0 amide bonds. The van der Waals surface area contributed by atoms with E-state index < -0.39 is 0 Å². The standard InChI is InChI=1S/C22H30N4O.BrH/c1-27-20-12-10-19(11-13-20)21(26-14-6-3-7-15-26)17-25-22(23)24-16-18-8-4-2-5-9-18;/h2,4-5,8-13,21H,3,6-7,14-17H2,1H3,(H3,23,24,25);1H. The normalized spacial score (nSPS) is 16.1. The van der Waals surface area contributed by atoms with Gasteiger partial charge in [0, 0.05) is 6.54 Å². The van der Waals surface area contributed by atoms with Crippen molar-refractivity contribution in [1.82, 2.24) is 10.2 Å². The number of likely N-dealkylation sites (tertiary alicyclic amines) is 1. The van der Waals surface area contributed by atoms with E-state index >= 15 is 0 Å². The first-order valence-corrected chi connectivity index (χ1v) is 9.72. The number of rotatable bonds is 7. The lowest BCUT2D eigenvalue weighted by atomic mass is 10.0. The maximum Gasteiger partial charge on any atom is 0.188 e. The third kappa shape index (κ3) is 6.53. The second-order valence-corrected chi connectivity index (χ2v) is 6.95. The summed E-state index contributed by atoms with van der Waals surface area (Å²) in [6.45, 7) is 3.59. The molecule has 3 N–H and O–H groups in total. The van der Waals surface area contributed by atoms with Crippen LogP contribution in [0.1, 0.15) is 36.4 Å². The fourth-order valence-electron chi connectivity index (χ4n) is 3.53. The van der Waals surface area contributed by atoms with E-state index in [0.29, 0.717) is 12.5 Å². The van der Waals surface area contributed by atoms with Crippen molar-refractivity contribution in [2.24, 2.45) is 10.7 Å². The maximum atomic E-state index is 6.12. The van der Waals surface area contributed by atoms with Crippen molar-refractivity contribution in [2.45, 2.75) is 31.8 Å². The molecule has 1 saturated heterocycles. The van der Waals surface area contributed by atoms with E-state index in [1.165, 1.54) is 24.8 Å². The summed E-state index contributed by atoms with van der Waals surface area (Å²) in [7, 11) is 1.70. The predicted octanol–water partition coefficient (Wildman–Crippen LogP) is 3.90. The molecule has 1 aliphatic rings. The monoisotopic (exact) mass is 446 g/mol. The van der Waals surface area contributed by atoms with Gasteiger partial charge in [-0.05, 0) is 49.2 Å². The summed E-state index contributed by atoms with van der Waals surface area (Å²) in [5.74, 6) is 1.38. The van der Waals surface area contributed by atoms with E-state index in [9.17, 15) is 0 Å². The second kappa shape index (κ2) is 11.7. The number of hydrogen-bond donors (Lipinski definition) is 2. The molecule has 1 atom stereocenters. The molecule has 0 aliphatic carbocycles. The molecule has 3 rings (SSSR count). The predicted molar refractivity (Wildman–Crippen MR) is 121 cm³/mol. The Morgan fingerprint density at radius 1 is 1.07 bits per heavy atom. The Bertz CT molecular complexity index is 715. The van der Waals surface area contributed by atoms with Crippen LogP contribution in [-0.4, -0.2) is 37.6 Å². The van der Waals surface area contributed by atoms with Gasteiger partial charge in [0.25, 0.3) is 0 Å². The van der Waals surface area contributed by atoms with E-state index in [-0.39, 0.29) is 23.0 Å². The number of guanidine groups is 1. The van der Waals surface area contributed by atoms with E-state index in [1.807, 2.05) is 30.3 Å². The Kier molecular flexibility index (Phi) is 9.31. The Balaban J connectivity index is 0.00000280. The van der Waals surface area contributed by atoms with Crippen LogP contribution >= 0.6 is 17.0 Å². The highest BCUT2D eigenvalue weighted by Crippen LogP contribution is 2.25. The zero-order valence-electron chi connectivity index (χ0n) is 16.5. The Hall–Kier alpha value is -2.05. The summed E-state index contributed by atoms with van der Waals surface area (Å²) in [5.41, 5.74) is 8.56. The van der Waals surface area contributed by atoms with Gasteiger partial charge in [0.15, 0.2) is 5.96 Å². The van der Waals surface area contributed by atoms with Gasteiger partial charge in [-0.25, -0.2) is 4.99 Å². The highest BCUT2D eigenvalue weighted by atomic mass is 79.9. The molecule has 1 heterocycles. The molecule has 2 aromatic carbocycles. The number of nitrogens with zero attached hydrogens (tertiary/aromatic N) is 2. The zero-order valence-corrected chi connectivity index (χ0v) is 18.2. The smallest absolute Gasteiger partial charge is 0.188 e. The molecule has 0 aromatic heterocycles. The summed E-state index contributed by atoms with van der Waals surface area (Å²) >= 11 is 0. The largest absolute Gasteiger partial charge is 0.497 e. The summed E-state index contributed by atoms with van der Waals surface area (Å²) in [5, 5.41) is 3.33. The first-order valence-electron chi connectivity index (χ1n) is 9.72. The number of nitrogens with two attached hydrogens (primary N) is 1. The lowest BCUT2D eigenvalue weighted by Crippen LogP contribution is -2.42. The van der Waals surface area contributed by atoms with Crippen LogP contribution in [0, 0.1) is 0 Å². The fourth-order valence-corrected chi connectivity index (χ4v) is 3.53. The fraction of sp³-hybridized carbons (Fsp3) is 0.409. The maximum absolute atomic E-state index is 6.12. The lowest BCUT2D eigenvalue weighted by molar-refractivity contribution is 0.164. The first kappa shape index (κ1) is 22.2. The quantitative estimate of drug-likeness (QED) is 0.499. The lowest BCUT2D eigenvalue weighted by Gasteiger charge is -2.35. The van der Waals surface area contributed by atoms with Crippen LogP contribution < -0.4 is 15.8 Å². The minimum atomic E-state index is 0. The molecule has 0 radical (unpaired) electrons. The zero-order chi connectivity index (χ0) is 18.9. The van der Waals surface area contributed by atoms with Gasteiger partial charge in [0.05, 0.1) is 19.7 Å². The van der Waals surface area contributed by atoms with Crippen LogP contribution in [-0.2, 0) is 6.54 Å². The molecule has 0 bridgehead atoms. The molecule has 0 spiro atoms. The van der Waals surface area contributed by atoms with E-state index in [4.69, 9.17) is 10.5 Å². The van der Waals surface area contributed by atoms with E-state index in [1.54, 1.807) is 7.11 Å². The van der Waals surface area contributed by atoms with Gasteiger partial charge in [-0.15, -0.1) is 17.0 Å². The van der Waals surface area contributed by atoms with Crippen molar-refractivity contribution in [2.75, 3.05) is 26.7 Å². The molecular weight excluding hydrogens is 416 g/mol. The molecule has 2 aromatic rings. The summed E-state index contributed by atoms with van der Waals surface area (Å²) in [6.07, 6.45) is 3.83. The van der Waals surface area contributed by atoms with Crippen molar-refractivity contribution in [1.29, 1.82) is 0 Å². The number of methoxy groups -OCH3 is 1. The molecule has 6 heteroatoms. The molecule has 5 nitrogen and oxygen atoms in total. The minimum Gasteiger partial charge on any atom is -0.497 e. The van der Waals surface area contributed by atoms with Gasteiger partial charge in [-0.3, -0.25) is 4.90 Å². The van der Waals surface area contributed by atoms with Crippen LogP contribution in [0.4, 0.5) is 0 Å². The Morgan fingerprint density at radius 2 is 1.75 bits per heavy atom. The SMILES string of the molecule is Br.COc1ccc(C(CNC(N)=NCc2ccccc2)N2CCCCC2)cc1. The number of hydrogen-bond acceptors (Lipinski definition) is 3. The Morgan fingerprint density at radius 3 is 2.39 bits per heavy atom. The van der Waals surface area contributed by atoms with Gasteiger partial charge < -0.3 is 15.8 Å². The molecule has 28 heavy (non-hydrogen) atoms. The molecule has 152 valence electrons. The Labute approximate surface area is 178 Å². The van der Waals surface area contributed by atoms with Crippen molar-refractivity contribution in [3.8, 4) is 5.75 Å². The van der Waals surface area contributed by atoms with Gasteiger partial charge in [-0.1, -0.05) is 48.9 Å². The van der Waals surface area contributed by atoms with Crippen molar-refractivity contribution >= 4 is 22.9 Å². The number of halogens is 1.